The largest absolute Gasteiger partial charge is 0.331 e. The number of aromatic nitrogens is 2. The van der Waals surface area contributed by atoms with Gasteiger partial charge < -0.3 is 4.57 Å². The molecule has 0 fully saturated rings. The Hall–Kier alpha value is -1.65. The second kappa shape index (κ2) is 5.44. The van der Waals surface area contributed by atoms with Crippen molar-refractivity contribution >= 4 is 5.78 Å². The van der Waals surface area contributed by atoms with Gasteiger partial charge in [-0.05, 0) is 13.3 Å². The van der Waals surface area contributed by atoms with Crippen LogP contribution in [0.2, 0.25) is 0 Å². The van der Waals surface area contributed by atoms with Crippen molar-refractivity contribution < 1.29 is 4.79 Å². The zero-order valence-corrected chi connectivity index (χ0v) is 9.60. The number of carbonyl (C=O) groups excluding carboxylic acids is 1. The van der Waals surface area contributed by atoms with Crippen LogP contribution in [0, 0.1) is 0 Å². The van der Waals surface area contributed by atoms with E-state index in [0.29, 0.717) is 13.0 Å². The molecule has 0 N–H and O–H groups in total. The number of carbonyl (C=O) groups is 1. The highest BCUT2D eigenvalue weighted by molar-refractivity contribution is 5.78. The number of Topliss-reactive ketones (excluding diaryl/α,β-unsaturated/α-hetero) is 1. The minimum absolute atomic E-state index is 0.0875. The average molecular weight is 224 g/mol. The van der Waals surface area contributed by atoms with Gasteiger partial charge in [0.25, 0.3) is 5.56 Å². The van der Waals surface area contributed by atoms with Gasteiger partial charge in [0.05, 0.1) is 6.54 Å². The van der Waals surface area contributed by atoms with E-state index in [4.69, 9.17) is 0 Å². The summed E-state index contributed by atoms with van der Waals surface area (Å²) in [6.07, 6.45) is 2.57. The van der Waals surface area contributed by atoms with Crippen LogP contribution in [-0.2, 0) is 17.9 Å². The maximum atomic E-state index is 11.7. The van der Waals surface area contributed by atoms with Crippen molar-refractivity contribution in [3.05, 3.63) is 33.1 Å². The zero-order chi connectivity index (χ0) is 12.1. The Bertz CT molecular complexity index is 485. The predicted octanol–water partition coefficient (Wildman–Crippen LogP) is 0.399. The van der Waals surface area contributed by atoms with Crippen molar-refractivity contribution in [2.24, 2.45) is 0 Å². The van der Waals surface area contributed by atoms with Gasteiger partial charge in [-0.15, -0.1) is 0 Å². The molecule has 0 aromatic carbocycles. The van der Waals surface area contributed by atoms with E-state index >= 15 is 0 Å². The van der Waals surface area contributed by atoms with Gasteiger partial charge in [0.15, 0.2) is 5.78 Å². The molecule has 5 heteroatoms. The topological polar surface area (TPSA) is 61.1 Å². The lowest BCUT2D eigenvalue weighted by Gasteiger charge is -2.06. The molecule has 5 nitrogen and oxygen atoms in total. The zero-order valence-electron chi connectivity index (χ0n) is 9.60. The minimum atomic E-state index is -0.417. The standard InChI is InChI=1S/C11H16N2O3/c1-3-5-9(14)8-13-10(15)6-7-12(4-2)11(13)16/h6-7H,3-5,8H2,1-2H3. The van der Waals surface area contributed by atoms with Crippen LogP contribution in [0.4, 0.5) is 0 Å². The molecule has 0 spiro atoms. The van der Waals surface area contributed by atoms with Crippen LogP contribution in [0.25, 0.3) is 0 Å². The molecule has 1 heterocycles. The fraction of sp³-hybridized carbons (Fsp3) is 0.545. The smallest absolute Gasteiger partial charge is 0.301 e. The van der Waals surface area contributed by atoms with Gasteiger partial charge in [-0.3, -0.25) is 14.2 Å². The van der Waals surface area contributed by atoms with Crippen LogP contribution in [0.1, 0.15) is 26.7 Å². The van der Waals surface area contributed by atoms with Crippen LogP contribution in [0.5, 0.6) is 0 Å². The van der Waals surface area contributed by atoms with E-state index in [-0.39, 0.29) is 12.3 Å². The molecule has 0 radical (unpaired) electrons. The summed E-state index contributed by atoms with van der Waals surface area (Å²) in [6.45, 7) is 4.06. The Labute approximate surface area is 93.3 Å². The molecule has 0 amide bonds. The van der Waals surface area contributed by atoms with E-state index in [0.717, 1.165) is 11.0 Å². The molecular weight excluding hydrogens is 208 g/mol. The lowest BCUT2D eigenvalue weighted by molar-refractivity contribution is -0.119. The number of nitrogens with zero attached hydrogens (tertiary/aromatic N) is 2. The first-order chi connectivity index (χ1) is 7.60. The van der Waals surface area contributed by atoms with Gasteiger partial charge in [0, 0.05) is 25.2 Å². The van der Waals surface area contributed by atoms with E-state index in [2.05, 4.69) is 0 Å². The van der Waals surface area contributed by atoms with E-state index in [1.165, 1.54) is 16.8 Å². The van der Waals surface area contributed by atoms with Gasteiger partial charge in [-0.25, -0.2) is 4.79 Å². The molecule has 0 aliphatic heterocycles. The van der Waals surface area contributed by atoms with Crippen molar-refractivity contribution in [1.29, 1.82) is 0 Å². The van der Waals surface area contributed by atoms with Crippen LogP contribution < -0.4 is 11.2 Å². The Morgan fingerprint density at radius 3 is 2.56 bits per heavy atom. The molecule has 16 heavy (non-hydrogen) atoms. The molecule has 1 aromatic rings. The monoisotopic (exact) mass is 224 g/mol. The molecule has 0 bridgehead atoms. The first kappa shape index (κ1) is 12.4. The third kappa shape index (κ3) is 2.68. The summed E-state index contributed by atoms with van der Waals surface area (Å²) in [6, 6.07) is 1.31. The molecule has 0 aliphatic rings. The summed E-state index contributed by atoms with van der Waals surface area (Å²) in [4.78, 5) is 34.6. The van der Waals surface area contributed by atoms with Crippen molar-refractivity contribution in [2.45, 2.75) is 39.8 Å². The predicted molar refractivity (Wildman–Crippen MR) is 60.6 cm³/mol. The van der Waals surface area contributed by atoms with E-state index < -0.39 is 11.2 Å². The minimum Gasteiger partial charge on any atom is -0.301 e. The van der Waals surface area contributed by atoms with E-state index in [1.807, 2.05) is 13.8 Å². The van der Waals surface area contributed by atoms with Crippen molar-refractivity contribution in [2.75, 3.05) is 0 Å². The van der Waals surface area contributed by atoms with Crippen molar-refractivity contribution in [1.82, 2.24) is 9.13 Å². The second-order valence-corrected chi connectivity index (χ2v) is 3.60. The number of aryl methyl sites for hydroxylation is 1. The Morgan fingerprint density at radius 1 is 1.31 bits per heavy atom. The molecule has 0 saturated carbocycles. The first-order valence-corrected chi connectivity index (χ1v) is 5.42. The first-order valence-electron chi connectivity index (χ1n) is 5.42. The second-order valence-electron chi connectivity index (χ2n) is 3.60. The molecular formula is C11H16N2O3. The lowest BCUT2D eigenvalue weighted by Crippen LogP contribution is -2.40. The summed E-state index contributed by atoms with van der Waals surface area (Å²) < 4.78 is 2.39. The summed E-state index contributed by atoms with van der Waals surface area (Å²) in [5, 5.41) is 0. The fourth-order valence-electron chi connectivity index (χ4n) is 1.48. The highest BCUT2D eigenvalue weighted by Crippen LogP contribution is 1.90. The number of ketones is 1. The summed E-state index contributed by atoms with van der Waals surface area (Å²) in [7, 11) is 0. The van der Waals surface area contributed by atoms with E-state index in [9.17, 15) is 14.4 Å². The normalized spacial score (nSPS) is 10.4. The van der Waals surface area contributed by atoms with Gasteiger partial charge in [0.1, 0.15) is 0 Å². The molecule has 88 valence electrons. The molecule has 0 atom stereocenters. The quantitative estimate of drug-likeness (QED) is 0.727. The molecule has 1 rings (SSSR count). The van der Waals surface area contributed by atoms with Crippen LogP contribution in [-0.4, -0.2) is 14.9 Å². The average Bonchev–Trinajstić information content (AvgIpc) is 2.25. The Balaban J connectivity index is 3.08. The molecule has 0 unspecified atom stereocenters. The SMILES string of the molecule is CCCC(=O)Cn1c(=O)ccn(CC)c1=O. The van der Waals surface area contributed by atoms with Crippen LogP contribution in [0.3, 0.4) is 0 Å². The maximum Gasteiger partial charge on any atom is 0.331 e. The third-order valence-corrected chi connectivity index (χ3v) is 2.34. The van der Waals surface area contributed by atoms with Crippen molar-refractivity contribution in [3.63, 3.8) is 0 Å². The summed E-state index contributed by atoms with van der Waals surface area (Å²) in [5.74, 6) is -0.0875. The van der Waals surface area contributed by atoms with Gasteiger partial charge in [-0.1, -0.05) is 6.92 Å². The van der Waals surface area contributed by atoms with E-state index in [1.54, 1.807) is 0 Å². The third-order valence-electron chi connectivity index (χ3n) is 2.34. The van der Waals surface area contributed by atoms with Crippen molar-refractivity contribution in [3.8, 4) is 0 Å². The van der Waals surface area contributed by atoms with Gasteiger partial charge in [0.2, 0.25) is 0 Å². The lowest BCUT2D eigenvalue weighted by atomic mass is 10.2. The number of rotatable bonds is 5. The molecule has 0 aliphatic carbocycles. The Kier molecular flexibility index (Phi) is 4.22. The molecule has 1 aromatic heterocycles. The van der Waals surface area contributed by atoms with Gasteiger partial charge in [-0.2, -0.15) is 0 Å². The summed E-state index contributed by atoms with van der Waals surface area (Å²) in [5.41, 5.74) is -0.835. The number of hydrogen-bond acceptors (Lipinski definition) is 3. The number of hydrogen-bond donors (Lipinski definition) is 0. The molecule has 0 saturated heterocycles. The van der Waals surface area contributed by atoms with Crippen LogP contribution >= 0.6 is 0 Å². The van der Waals surface area contributed by atoms with Crippen LogP contribution in [0.15, 0.2) is 21.9 Å². The highest BCUT2D eigenvalue weighted by Gasteiger charge is 2.08. The maximum absolute atomic E-state index is 11.7. The highest BCUT2D eigenvalue weighted by atomic mass is 16.2. The summed E-state index contributed by atoms with van der Waals surface area (Å²) >= 11 is 0. The fourth-order valence-corrected chi connectivity index (χ4v) is 1.48. The Morgan fingerprint density at radius 2 is 2.00 bits per heavy atom. The van der Waals surface area contributed by atoms with Gasteiger partial charge >= 0.3 is 5.69 Å².